The number of rotatable bonds is 11. The molecule has 17 heteroatoms. The first-order chi connectivity index (χ1) is 26.2. The van der Waals surface area contributed by atoms with Crippen LogP contribution in [-0.2, 0) is 34.7 Å². The number of hydrogen-bond acceptors (Lipinski definition) is 9. The molecule has 2 unspecified atom stereocenters. The van der Waals surface area contributed by atoms with Crippen LogP contribution in [0.4, 0.5) is 26.3 Å². The highest BCUT2D eigenvalue weighted by Crippen LogP contribution is 2.31. The van der Waals surface area contributed by atoms with Crippen LogP contribution in [0.15, 0.2) is 97.1 Å². The number of carbonyl (C=O) groups excluding carboxylic acids is 1. The van der Waals surface area contributed by atoms with Crippen LogP contribution in [-0.4, -0.2) is 64.7 Å². The third-order valence-corrected chi connectivity index (χ3v) is 8.36. The lowest BCUT2D eigenvalue weighted by Gasteiger charge is -2.10. The third-order valence-electron chi connectivity index (χ3n) is 8.36. The Hall–Kier alpha value is -5.97. The van der Waals surface area contributed by atoms with Crippen LogP contribution in [0, 0.1) is 0 Å². The summed E-state index contributed by atoms with van der Waals surface area (Å²) in [6.07, 6.45) is -7.87. The second-order valence-electron chi connectivity index (χ2n) is 12.4. The number of benzene rings is 4. The topological polar surface area (TPSA) is 134 Å². The van der Waals surface area contributed by atoms with Gasteiger partial charge in [0.15, 0.2) is 6.04 Å². The molecular weight excluding hydrogens is 730 g/mol. The number of hydrogen-bond donors (Lipinski definition) is 1. The van der Waals surface area contributed by atoms with E-state index in [-0.39, 0.29) is 19.3 Å². The fourth-order valence-electron chi connectivity index (χ4n) is 5.30. The molecule has 1 N–H and O–H groups in total. The van der Waals surface area contributed by atoms with Gasteiger partial charge in [0.25, 0.3) is 0 Å². The molecule has 0 amide bonds. The van der Waals surface area contributed by atoms with Crippen molar-refractivity contribution >= 4 is 5.97 Å². The average Bonchev–Trinajstić information content (AvgIpc) is 3.86. The Kier molecular flexibility index (Phi) is 12.8. The number of alkyl halides is 6. The smallest absolute Gasteiger partial charge is 0.416 e. The van der Waals surface area contributed by atoms with E-state index in [0.29, 0.717) is 30.1 Å². The van der Waals surface area contributed by atoms with Gasteiger partial charge in [0.2, 0.25) is 11.6 Å². The normalized spacial score (nSPS) is 12.8. The number of tetrazole rings is 2. The summed E-state index contributed by atoms with van der Waals surface area (Å²) in [5.74, 6) is 0.269. The van der Waals surface area contributed by atoms with Crippen molar-refractivity contribution in [3.8, 4) is 22.8 Å². The summed E-state index contributed by atoms with van der Waals surface area (Å²) in [5.41, 5.74) is 3.26. The Morgan fingerprint density at radius 1 is 0.673 bits per heavy atom. The highest BCUT2D eigenvalue weighted by atomic mass is 19.4. The molecule has 2 heterocycles. The number of aliphatic hydroxyl groups is 1. The van der Waals surface area contributed by atoms with Crippen LogP contribution in [0.5, 0.6) is 0 Å². The largest absolute Gasteiger partial charge is 0.464 e. The maximum absolute atomic E-state index is 12.7. The van der Waals surface area contributed by atoms with Crippen molar-refractivity contribution < 1.29 is 41.0 Å². The first-order valence-corrected chi connectivity index (χ1v) is 17.0. The first kappa shape index (κ1) is 40.2. The fraction of sp³-hybridized carbons (Fsp3) is 0.289. The molecule has 0 saturated heterocycles. The summed E-state index contributed by atoms with van der Waals surface area (Å²) in [6, 6.07) is 23.8. The fourth-order valence-corrected chi connectivity index (χ4v) is 5.30. The second-order valence-corrected chi connectivity index (χ2v) is 12.4. The summed E-state index contributed by atoms with van der Waals surface area (Å²) in [6.45, 7) is 5.23. The molecule has 0 fully saturated rings. The van der Waals surface area contributed by atoms with Gasteiger partial charge < -0.3 is 9.84 Å². The molecule has 0 aliphatic carbocycles. The molecule has 0 aliphatic rings. The van der Waals surface area contributed by atoms with Gasteiger partial charge in [-0.25, -0.2) is 4.79 Å². The molecule has 4 aromatic carbocycles. The molecule has 2 aromatic heterocycles. The Morgan fingerprint density at radius 3 is 1.51 bits per heavy atom. The van der Waals surface area contributed by atoms with Gasteiger partial charge in [0.1, 0.15) is 0 Å². The molecule has 0 bridgehead atoms. The van der Waals surface area contributed by atoms with Crippen molar-refractivity contribution in [3.63, 3.8) is 0 Å². The first-order valence-electron chi connectivity index (χ1n) is 17.0. The van der Waals surface area contributed by atoms with Gasteiger partial charge in [-0.3, -0.25) is 0 Å². The van der Waals surface area contributed by atoms with Gasteiger partial charge in [-0.1, -0.05) is 72.8 Å². The molecule has 2 atom stereocenters. The van der Waals surface area contributed by atoms with E-state index in [1.807, 2.05) is 36.4 Å². The Balaban J connectivity index is 0.000000212. The van der Waals surface area contributed by atoms with E-state index >= 15 is 0 Å². The summed E-state index contributed by atoms with van der Waals surface area (Å²) in [4.78, 5) is 14.4. The minimum atomic E-state index is -4.37. The summed E-state index contributed by atoms with van der Waals surface area (Å²) in [5, 5.41) is 33.7. The summed E-state index contributed by atoms with van der Waals surface area (Å²) >= 11 is 0. The van der Waals surface area contributed by atoms with E-state index in [1.54, 1.807) is 32.9 Å². The van der Waals surface area contributed by atoms with Crippen LogP contribution in [0.3, 0.4) is 0 Å². The van der Waals surface area contributed by atoms with Crippen molar-refractivity contribution in [2.24, 2.45) is 0 Å². The van der Waals surface area contributed by atoms with Crippen LogP contribution in [0.25, 0.3) is 22.8 Å². The highest BCUT2D eigenvalue weighted by molar-refractivity contribution is 5.73. The van der Waals surface area contributed by atoms with Crippen molar-refractivity contribution in [1.29, 1.82) is 0 Å². The van der Waals surface area contributed by atoms with Gasteiger partial charge in [0.05, 0.1) is 30.4 Å². The zero-order valence-electron chi connectivity index (χ0n) is 29.8. The van der Waals surface area contributed by atoms with E-state index in [0.717, 1.165) is 52.1 Å². The van der Waals surface area contributed by atoms with E-state index in [9.17, 15) is 36.2 Å². The van der Waals surface area contributed by atoms with Crippen molar-refractivity contribution in [3.05, 3.63) is 130 Å². The lowest BCUT2D eigenvalue weighted by atomic mass is 9.98. The molecule has 55 heavy (non-hydrogen) atoms. The number of esters is 1. The second kappa shape index (κ2) is 17.4. The third kappa shape index (κ3) is 10.4. The van der Waals surface area contributed by atoms with Gasteiger partial charge in [-0.2, -0.15) is 31.1 Å². The summed E-state index contributed by atoms with van der Waals surface area (Å²) < 4.78 is 81.3. The van der Waals surface area contributed by atoms with Crippen LogP contribution < -0.4 is 0 Å². The molecule has 0 aliphatic heterocycles. The van der Waals surface area contributed by atoms with Crippen LogP contribution in [0.1, 0.15) is 66.2 Å². The molecule has 6 rings (SSSR count). The molecular formula is C38H36F6N8O3. The maximum Gasteiger partial charge on any atom is 0.416 e. The number of aliphatic hydroxyl groups excluding tert-OH is 1. The van der Waals surface area contributed by atoms with Crippen LogP contribution >= 0.6 is 0 Å². The van der Waals surface area contributed by atoms with E-state index < -0.39 is 35.5 Å². The number of carbonyl (C=O) groups is 1. The highest BCUT2D eigenvalue weighted by Gasteiger charge is 2.31. The predicted octanol–water partition coefficient (Wildman–Crippen LogP) is 7.58. The van der Waals surface area contributed by atoms with Crippen molar-refractivity contribution in [1.82, 2.24) is 40.4 Å². The van der Waals surface area contributed by atoms with Gasteiger partial charge >= 0.3 is 18.3 Å². The zero-order chi connectivity index (χ0) is 39.8. The van der Waals surface area contributed by atoms with Crippen molar-refractivity contribution in [2.45, 2.75) is 58.0 Å². The monoisotopic (exact) mass is 766 g/mol. The molecule has 0 spiro atoms. The zero-order valence-corrected chi connectivity index (χ0v) is 29.8. The number of nitrogens with zero attached hydrogens (tertiary/aromatic N) is 8. The quantitative estimate of drug-likeness (QED) is 0.105. The van der Waals surface area contributed by atoms with E-state index in [2.05, 4.69) is 30.8 Å². The Labute approximate surface area is 311 Å². The van der Waals surface area contributed by atoms with Crippen LogP contribution in [0.2, 0.25) is 0 Å². The molecule has 0 radical (unpaired) electrons. The molecule has 0 saturated carbocycles. The molecule has 6 aromatic rings. The van der Waals surface area contributed by atoms with E-state index in [4.69, 9.17) is 4.74 Å². The Morgan fingerprint density at radius 2 is 1.09 bits per heavy atom. The lowest BCUT2D eigenvalue weighted by molar-refractivity contribution is -0.147. The van der Waals surface area contributed by atoms with E-state index in [1.165, 1.54) is 33.9 Å². The standard InChI is InChI=1S/C20H19F3N4O2.C18H17F3N4O/c1-3-29-19(28)13(2)27-25-18(24-26-27)17-7-5-4-6-15(17)12-14-8-10-16(11-9-14)20(21,22)23;1-12(11-26)25-23-17(22-24-25)16-5-3-2-4-14(16)10-13-6-8-15(9-7-13)18(19,20)21/h4-11,13H,3,12H2,1-2H3;2-9,12,26H,10-11H2,1H3. The summed E-state index contributed by atoms with van der Waals surface area (Å²) in [7, 11) is 0. The van der Waals surface area contributed by atoms with Gasteiger partial charge in [0, 0.05) is 11.1 Å². The average molecular weight is 767 g/mol. The number of aromatic nitrogens is 8. The van der Waals surface area contributed by atoms with Gasteiger partial charge in [-0.05, 0) is 90.6 Å². The lowest BCUT2D eigenvalue weighted by Crippen LogP contribution is -2.21. The minimum Gasteiger partial charge on any atom is -0.464 e. The minimum absolute atomic E-state index is 0.108. The molecule has 288 valence electrons. The number of ether oxygens (including phenoxy) is 1. The van der Waals surface area contributed by atoms with Gasteiger partial charge in [-0.15, -0.1) is 25.2 Å². The van der Waals surface area contributed by atoms with Crippen molar-refractivity contribution in [2.75, 3.05) is 13.2 Å². The maximum atomic E-state index is 12.7. The Bertz CT molecular complexity index is 2170. The SMILES string of the molecule is CC(CO)n1nnc(-c2ccccc2Cc2ccc(C(F)(F)F)cc2)n1.CCOC(=O)C(C)n1nnc(-c2ccccc2Cc2ccc(C(F)(F)F)cc2)n1. The molecule has 11 nitrogen and oxygen atoms in total. The predicted molar refractivity (Wildman–Crippen MR) is 188 cm³/mol. The number of halogens is 6.